The smallest absolute Gasteiger partial charge is 0.264 e. The second-order valence-electron chi connectivity index (χ2n) is 17.7. The number of unbranched alkanes of at least 4 members (excludes halogenated alkanes) is 4. The number of carbonyl (C=O) groups is 6. The van der Waals surface area contributed by atoms with E-state index in [1.54, 1.807) is 31.2 Å². The number of nitrogens with zero attached hydrogens (tertiary/aromatic N) is 6. The lowest BCUT2D eigenvalue weighted by atomic mass is 9.92. The van der Waals surface area contributed by atoms with Crippen LogP contribution in [0.1, 0.15) is 132 Å². The molecule has 0 saturated carbocycles. The molecule has 6 amide bonds. The number of rotatable bonds is 17. The molecule has 67 heavy (non-hydrogen) atoms. The fourth-order valence-electron chi connectivity index (χ4n) is 9.75. The molecule has 6 heterocycles. The van der Waals surface area contributed by atoms with Crippen LogP contribution in [-0.2, 0) is 43.3 Å². The van der Waals surface area contributed by atoms with Crippen LogP contribution in [0.25, 0.3) is 5.57 Å². The van der Waals surface area contributed by atoms with E-state index in [0.717, 1.165) is 73.1 Å². The lowest BCUT2D eigenvalue weighted by Crippen LogP contribution is -2.54. The Balaban J connectivity index is 0.799. The molecular formula is C48H58F2N10O7. The minimum atomic E-state index is -2.82. The van der Waals surface area contributed by atoms with Gasteiger partial charge in [-0.25, -0.2) is 8.78 Å². The lowest BCUT2D eigenvalue weighted by molar-refractivity contribution is -0.136. The highest BCUT2D eigenvalue weighted by Gasteiger charge is 2.45. The first-order valence-corrected chi connectivity index (χ1v) is 23.4. The number of fused-ring (bicyclic) bond motifs is 3. The van der Waals surface area contributed by atoms with Crippen LogP contribution in [0.2, 0.25) is 0 Å². The van der Waals surface area contributed by atoms with Crippen LogP contribution in [0.3, 0.4) is 0 Å². The molecule has 2 aromatic carbocycles. The van der Waals surface area contributed by atoms with Gasteiger partial charge in [-0.1, -0.05) is 19.3 Å². The molecule has 2 fully saturated rings. The molecule has 3 aromatic rings. The maximum atomic E-state index is 14.9. The van der Waals surface area contributed by atoms with Gasteiger partial charge in [-0.15, -0.1) is 0 Å². The van der Waals surface area contributed by atoms with E-state index >= 15 is 0 Å². The molecule has 0 radical (unpaired) electrons. The third kappa shape index (κ3) is 10.3. The number of hydrogen-bond donors (Lipinski definition) is 4. The number of aliphatic imine (C=N–C) groups is 1. The third-order valence-electron chi connectivity index (χ3n) is 13.3. The number of piperidine rings is 1. The topological polar surface area (TPSA) is 214 Å². The van der Waals surface area contributed by atoms with Gasteiger partial charge in [0.15, 0.2) is 5.82 Å². The molecule has 1 unspecified atom stereocenters. The molecule has 5 aliphatic rings. The number of imide groups is 2. The largest absolute Gasteiger partial charge is 0.404 e. The number of alkyl halides is 2. The fraction of sp³-hybridized carbons (Fsp3) is 0.500. The van der Waals surface area contributed by atoms with Crippen LogP contribution >= 0.6 is 0 Å². The average molecular weight is 925 g/mol. The van der Waals surface area contributed by atoms with Crippen molar-refractivity contribution in [1.82, 2.24) is 30.2 Å². The molecule has 0 spiro atoms. The van der Waals surface area contributed by atoms with Gasteiger partial charge in [0.25, 0.3) is 18.2 Å². The normalized spacial score (nSPS) is 19.0. The van der Waals surface area contributed by atoms with Gasteiger partial charge in [-0.3, -0.25) is 48.7 Å². The summed E-state index contributed by atoms with van der Waals surface area (Å²) in [7, 11) is 0. The highest BCUT2D eigenvalue weighted by Crippen LogP contribution is 2.43. The van der Waals surface area contributed by atoms with E-state index in [0.29, 0.717) is 76.0 Å². The predicted molar refractivity (Wildman–Crippen MR) is 246 cm³/mol. The molecular weight excluding hydrogens is 867 g/mol. The van der Waals surface area contributed by atoms with Crippen molar-refractivity contribution in [3.05, 3.63) is 75.6 Å². The van der Waals surface area contributed by atoms with Crippen molar-refractivity contribution in [1.29, 1.82) is 0 Å². The van der Waals surface area contributed by atoms with Crippen LogP contribution in [0.4, 0.5) is 26.0 Å². The van der Waals surface area contributed by atoms with Crippen molar-refractivity contribution in [3.63, 3.8) is 0 Å². The van der Waals surface area contributed by atoms with Crippen LogP contribution < -0.4 is 26.6 Å². The monoisotopic (exact) mass is 924 g/mol. The number of nitrogens with one attached hydrogen (secondary N) is 3. The van der Waals surface area contributed by atoms with Gasteiger partial charge in [0.1, 0.15) is 12.6 Å². The second kappa shape index (κ2) is 21.0. The fourth-order valence-corrected chi connectivity index (χ4v) is 9.75. The first-order chi connectivity index (χ1) is 32.4. The van der Waals surface area contributed by atoms with Gasteiger partial charge in [-0.05, 0) is 86.4 Å². The van der Waals surface area contributed by atoms with E-state index in [2.05, 4.69) is 25.6 Å². The summed E-state index contributed by atoms with van der Waals surface area (Å²) in [4.78, 5) is 84.2. The third-order valence-corrected chi connectivity index (χ3v) is 13.3. The number of nitrogens with two attached hydrogens (primary N) is 1. The van der Waals surface area contributed by atoms with Crippen LogP contribution in [0.5, 0.6) is 0 Å². The summed E-state index contributed by atoms with van der Waals surface area (Å²) in [6.07, 6.45) is 8.07. The van der Waals surface area contributed by atoms with Crippen molar-refractivity contribution in [3.8, 4) is 0 Å². The summed E-state index contributed by atoms with van der Waals surface area (Å²) in [6, 6.07) is 7.36. The van der Waals surface area contributed by atoms with Gasteiger partial charge < -0.3 is 30.9 Å². The van der Waals surface area contributed by atoms with Gasteiger partial charge in [0.2, 0.25) is 23.6 Å². The summed E-state index contributed by atoms with van der Waals surface area (Å²) in [6.45, 7) is 5.36. The maximum Gasteiger partial charge on any atom is 0.264 e. The molecule has 19 heteroatoms. The highest BCUT2D eigenvalue weighted by molar-refractivity contribution is 6.23. The molecule has 0 bridgehead atoms. The molecule has 5 N–H and O–H groups in total. The summed E-state index contributed by atoms with van der Waals surface area (Å²) in [5.74, 6) is -1.78. The number of benzene rings is 2. The van der Waals surface area contributed by atoms with Gasteiger partial charge in [0.05, 0.1) is 23.7 Å². The number of aromatic nitrogens is 2. The summed E-state index contributed by atoms with van der Waals surface area (Å²) >= 11 is 0. The Hall–Kier alpha value is -6.50. The van der Waals surface area contributed by atoms with Gasteiger partial charge >= 0.3 is 0 Å². The SMILES string of the molecule is CC(=O)N1CCc2c(c(N3CCCc4cc(/C(C=NCC(=O)NCCCCCCCNc5ccc6c(c5)C(=O)N(C5CCC(=O)NC5=O)C6=O)=C/N)c(C(F)F)cc43)nn2C2CCOCC2)C1. The zero-order valence-corrected chi connectivity index (χ0v) is 37.8. The van der Waals surface area contributed by atoms with Crippen molar-refractivity contribution in [2.24, 2.45) is 10.7 Å². The number of halogens is 2. The average Bonchev–Trinajstić information content (AvgIpc) is 3.82. The Morgan fingerprint density at radius 1 is 0.955 bits per heavy atom. The van der Waals surface area contributed by atoms with Crippen molar-refractivity contribution >= 4 is 64.4 Å². The Bertz CT molecular complexity index is 2480. The Morgan fingerprint density at radius 3 is 2.46 bits per heavy atom. The van der Waals surface area contributed by atoms with E-state index in [1.165, 1.54) is 18.5 Å². The number of hydrogen-bond acceptors (Lipinski definition) is 12. The summed E-state index contributed by atoms with van der Waals surface area (Å²) < 4.78 is 37.6. The number of ether oxygens (including phenoxy) is 1. The Kier molecular flexibility index (Phi) is 14.7. The van der Waals surface area contributed by atoms with E-state index in [4.69, 9.17) is 15.6 Å². The quantitative estimate of drug-likeness (QED) is 0.0794. The minimum Gasteiger partial charge on any atom is -0.404 e. The zero-order valence-electron chi connectivity index (χ0n) is 37.8. The zero-order chi connectivity index (χ0) is 47.2. The minimum absolute atomic E-state index is 0.0183. The molecule has 17 nitrogen and oxygen atoms in total. The Labute approximate surface area is 387 Å². The van der Waals surface area contributed by atoms with Crippen molar-refractivity contribution < 1.29 is 42.3 Å². The number of amides is 6. The highest BCUT2D eigenvalue weighted by atomic mass is 19.3. The summed E-state index contributed by atoms with van der Waals surface area (Å²) in [5.41, 5.74) is 11.1. The maximum absolute atomic E-state index is 14.9. The number of aryl methyl sites for hydroxylation is 1. The van der Waals surface area contributed by atoms with Crippen molar-refractivity contribution in [2.75, 3.05) is 56.2 Å². The molecule has 8 rings (SSSR count). The predicted octanol–water partition coefficient (Wildman–Crippen LogP) is 5.11. The first kappa shape index (κ1) is 47.0. The number of anilines is 3. The van der Waals surface area contributed by atoms with E-state index < -0.39 is 36.1 Å². The van der Waals surface area contributed by atoms with Crippen LogP contribution in [0, 0.1) is 0 Å². The van der Waals surface area contributed by atoms with E-state index in [-0.39, 0.29) is 65.1 Å². The molecule has 5 aliphatic heterocycles. The molecule has 1 aromatic heterocycles. The molecule has 2 saturated heterocycles. The first-order valence-electron chi connectivity index (χ1n) is 23.4. The number of allylic oxidation sites excluding steroid dienone is 1. The Morgan fingerprint density at radius 2 is 1.72 bits per heavy atom. The summed E-state index contributed by atoms with van der Waals surface area (Å²) in [5, 5.41) is 13.5. The number of carbonyl (C=O) groups excluding carboxylic acids is 6. The molecule has 1 atom stereocenters. The second-order valence-corrected chi connectivity index (χ2v) is 17.7. The molecule has 356 valence electrons. The van der Waals surface area contributed by atoms with E-state index in [1.807, 2.05) is 9.80 Å². The van der Waals surface area contributed by atoms with Crippen LogP contribution in [0.15, 0.2) is 41.5 Å². The van der Waals surface area contributed by atoms with Gasteiger partial charge in [-0.2, -0.15) is 5.10 Å². The van der Waals surface area contributed by atoms with Crippen LogP contribution in [-0.4, -0.2) is 113 Å². The van der Waals surface area contributed by atoms with E-state index in [9.17, 15) is 37.5 Å². The lowest BCUT2D eigenvalue weighted by Gasteiger charge is -2.33. The van der Waals surface area contributed by atoms with Gasteiger partial charge in [0, 0.05) is 105 Å². The van der Waals surface area contributed by atoms with Crippen molar-refractivity contribution in [2.45, 2.75) is 109 Å². The molecule has 0 aliphatic carbocycles. The standard InChI is InChI=1S/C48H58F2N10O7/c1-29(61)57-19-13-39-38(28-57)45(56-60(39)33-14-20-67-21-15-33)58-18-7-8-30-22-35(36(44(49)50)24-41(30)58)31(25-51)26-52-27-43(63)54-17-6-4-2-3-5-16-53-32-9-10-34-37(23-32)48(66)59(47(34)65)40-11-12-42(62)55-46(40)64/h9-10,22-26,33,40,44,53H,2-8,11-21,27-28,51H2,1H3,(H,54,63)(H,55,62,64)/b31-25+,52-26?.